The molecule has 1 aromatic heterocycles. The van der Waals surface area contributed by atoms with Gasteiger partial charge in [-0.3, -0.25) is 9.98 Å². The quantitative estimate of drug-likeness (QED) is 0.460. The van der Waals surface area contributed by atoms with E-state index in [-0.39, 0.29) is 0 Å². The van der Waals surface area contributed by atoms with Gasteiger partial charge in [-0.15, -0.1) is 0 Å². The van der Waals surface area contributed by atoms with E-state index in [9.17, 15) is 0 Å². The van der Waals surface area contributed by atoms with Crippen molar-refractivity contribution in [3.8, 4) is 0 Å². The number of pyridine rings is 1. The number of hydrogen-bond acceptors (Lipinski definition) is 3. The lowest BCUT2D eigenvalue weighted by atomic mass is 9.78. The summed E-state index contributed by atoms with van der Waals surface area (Å²) in [6.45, 7) is 13.7. The van der Waals surface area contributed by atoms with Crippen molar-refractivity contribution in [2.75, 3.05) is 0 Å². The molecule has 30 heavy (non-hydrogen) atoms. The van der Waals surface area contributed by atoms with E-state index in [0.29, 0.717) is 35.8 Å². The number of aliphatic imine (C=N–C) groups is 2. The van der Waals surface area contributed by atoms with Gasteiger partial charge >= 0.3 is 0 Å². The molecular weight excluding hydrogens is 366 g/mol. The van der Waals surface area contributed by atoms with E-state index in [2.05, 4.69) is 59.7 Å². The molecule has 0 bridgehead atoms. The minimum atomic E-state index is 0.452. The van der Waals surface area contributed by atoms with E-state index in [4.69, 9.17) is 15.0 Å². The van der Waals surface area contributed by atoms with Crippen molar-refractivity contribution in [2.24, 2.45) is 33.7 Å². The Kier molecular flexibility index (Phi) is 8.25. The van der Waals surface area contributed by atoms with Crippen molar-refractivity contribution in [1.29, 1.82) is 0 Å². The van der Waals surface area contributed by atoms with E-state index in [0.717, 1.165) is 22.8 Å². The van der Waals surface area contributed by atoms with Crippen LogP contribution < -0.4 is 0 Å². The Morgan fingerprint density at radius 2 is 1.13 bits per heavy atom. The first-order chi connectivity index (χ1) is 14.4. The number of nitrogens with zero attached hydrogens (tertiary/aromatic N) is 3. The molecule has 0 saturated heterocycles. The zero-order valence-electron chi connectivity index (χ0n) is 20.2. The summed E-state index contributed by atoms with van der Waals surface area (Å²) in [5.41, 5.74) is 4.19. The lowest BCUT2D eigenvalue weighted by Gasteiger charge is -2.32. The molecule has 0 radical (unpaired) electrons. The Hall–Kier alpha value is -1.51. The second kappa shape index (κ2) is 10.7. The predicted octanol–water partition coefficient (Wildman–Crippen LogP) is 7.13. The van der Waals surface area contributed by atoms with E-state index >= 15 is 0 Å². The van der Waals surface area contributed by atoms with Crippen LogP contribution in [0.1, 0.15) is 104 Å². The molecule has 0 aliphatic heterocycles. The standard InChI is InChI=1S/C27H43N3/c1-18(2)22-12-7-9-14-26(22)28-20(5)24-16-11-17-25(30-24)21(6)29-27-15-10-8-13-23(27)19(3)4/h11,16-19,22-23,26-27H,7-10,12-15H2,1-6H3/t22-,23+,26-,27+. The zero-order valence-corrected chi connectivity index (χ0v) is 20.2. The maximum Gasteiger partial charge on any atom is 0.0845 e. The summed E-state index contributed by atoms with van der Waals surface area (Å²) in [6, 6.07) is 7.25. The average molecular weight is 410 g/mol. The lowest BCUT2D eigenvalue weighted by Crippen LogP contribution is -2.28. The van der Waals surface area contributed by atoms with E-state index < -0.39 is 0 Å². The first kappa shape index (κ1) is 23.2. The maximum absolute atomic E-state index is 5.17. The Balaban J connectivity index is 1.79. The number of aromatic nitrogens is 1. The van der Waals surface area contributed by atoms with Crippen LogP contribution >= 0.6 is 0 Å². The fourth-order valence-corrected chi connectivity index (χ4v) is 5.62. The molecule has 0 unspecified atom stereocenters. The first-order valence-corrected chi connectivity index (χ1v) is 12.4. The number of rotatable bonds is 6. The monoisotopic (exact) mass is 409 g/mol. The topological polar surface area (TPSA) is 37.6 Å². The highest BCUT2D eigenvalue weighted by atomic mass is 14.9. The van der Waals surface area contributed by atoms with Crippen LogP contribution in [-0.4, -0.2) is 28.5 Å². The Morgan fingerprint density at radius 3 is 1.53 bits per heavy atom. The third-order valence-electron chi connectivity index (χ3n) is 7.49. The van der Waals surface area contributed by atoms with Crippen molar-refractivity contribution < 1.29 is 0 Å². The molecule has 0 aromatic carbocycles. The molecule has 0 amide bonds. The molecule has 3 rings (SSSR count). The molecule has 2 aliphatic carbocycles. The van der Waals surface area contributed by atoms with Crippen LogP contribution in [0, 0.1) is 23.7 Å². The molecule has 3 nitrogen and oxygen atoms in total. The van der Waals surface area contributed by atoms with Crippen molar-refractivity contribution in [3.05, 3.63) is 29.6 Å². The van der Waals surface area contributed by atoms with Gasteiger partial charge < -0.3 is 0 Å². The summed E-state index contributed by atoms with van der Waals surface area (Å²) in [4.78, 5) is 15.3. The van der Waals surface area contributed by atoms with E-state index in [1.54, 1.807) is 0 Å². The first-order valence-electron chi connectivity index (χ1n) is 12.4. The normalized spacial score (nSPS) is 28.9. The zero-order chi connectivity index (χ0) is 21.7. The summed E-state index contributed by atoms with van der Waals surface area (Å²) >= 11 is 0. The Labute approximate surface area is 184 Å². The third kappa shape index (κ3) is 5.80. The molecule has 166 valence electrons. The summed E-state index contributed by atoms with van der Waals surface area (Å²) in [5, 5.41) is 0. The van der Waals surface area contributed by atoms with Crippen LogP contribution in [0.3, 0.4) is 0 Å². The van der Waals surface area contributed by atoms with Crippen LogP contribution in [0.4, 0.5) is 0 Å². The molecule has 2 aliphatic rings. The number of hydrogen-bond donors (Lipinski definition) is 0. The van der Waals surface area contributed by atoms with Gasteiger partial charge in [0.25, 0.3) is 0 Å². The van der Waals surface area contributed by atoms with E-state index in [1.165, 1.54) is 51.4 Å². The van der Waals surface area contributed by atoms with Gasteiger partial charge in [0.2, 0.25) is 0 Å². The van der Waals surface area contributed by atoms with E-state index in [1.807, 2.05) is 0 Å². The van der Waals surface area contributed by atoms with Crippen LogP contribution in [0.2, 0.25) is 0 Å². The maximum atomic E-state index is 5.17. The highest BCUT2D eigenvalue weighted by Crippen LogP contribution is 2.33. The summed E-state index contributed by atoms with van der Waals surface area (Å²) in [5.74, 6) is 2.81. The largest absolute Gasteiger partial charge is 0.284 e. The second-order valence-corrected chi connectivity index (χ2v) is 10.4. The summed E-state index contributed by atoms with van der Waals surface area (Å²) in [7, 11) is 0. The van der Waals surface area contributed by atoms with Gasteiger partial charge in [0.15, 0.2) is 0 Å². The molecule has 0 N–H and O–H groups in total. The smallest absolute Gasteiger partial charge is 0.0845 e. The molecular formula is C27H43N3. The average Bonchev–Trinajstić information content (AvgIpc) is 2.74. The molecule has 1 heterocycles. The minimum absolute atomic E-state index is 0.452. The lowest BCUT2D eigenvalue weighted by molar-refractivity contribution is 0.241. The van der Waals surface area contributed by atoms with Gasteiger partial charge in [0, 0.05) is 0 Å². The highest BCUT2D eigenvalue weighted by Gasteiger charge is 2.28. The van der Waals surface area contributed by atoms with Crippen molar-refractivity contribution in [3.63, 3.8) is 0 Å². The van der Waals surface area contributed by atoms with Crippen LogP contribution in [0.5, 0.6) is 0 Å². The van der Waals surface area contributed by atoms with Gasteiger partial charge in [-0.05, 0) is 75.3 Å². The van der Waals surface area contributed by atoms with Crippen molar-refractivity contribution in [1.82, 2.24) is 4.98 Å². The van der Waals surface area contributed by atoms with Crippen molar-refractivity contribution >= 4 is 11.4 Å². The van der Waals surface area contributed by atoms with Crippen LogP contribution in [-0.2, 0) is 0 Å². The Bertz CT molecular complexity index is 687. The molecule has 4 atom stereocenters. The summed E-state index contributed by atoms with van der Waals surface area (Å²) in [6.07, 6.45) is 10.4. The molecule has 2 saturated carbocycles. The third-order valence-corrected chi connectivity index (χ3v) is 7.49. The second-order valence-electron chi connectivity index (χ2n) is 10.4. The predicted molar refractivity (Wildman–Crippen MR) is 130 cm³/mol. The summed E-state index contributed by atoms with van der Waals surface area (Å²) < 4.78 is 0. The SMILES string of the molecule is CC(=N[C@H]1CCCC[C@H]1C(C)C)c1cccc(C(C)=N[C@@H]2CCCC[C@@H]2C(C)C)n1. The fourth-order valence-electron chi connectivity index (χ4n) is 5.62. The van der Waals surface area contributed by atoms with Crippen LogP contribution in [0.15, 0.2) is 28.2 Å². The van der Waals surface area contributed by atoms with Gasteiger partial charge in [0.05, 0.1) is 34.9 Å². The van der Waals surface area contributed by atoms with Gasteiger partial charge in [-0.25, -0.2) is 4.98 Å². The highest BCUT2D eigenvalue weighted by molar-refractivity contribution is 6.00. The van der Waals surface area contributed by atoms with Gasteiger partial charge in [-0.1, -0.05) is 59.4 Å². The Morgan fingerprint density at radius 1 is 0.733 bits per heavy atom. The molecule has 0 spiro atoms. The minimum Gasteiger partial charge on any atom is -0.284 e. The van der Waals surface area contributed by atoms with Crippen molar-refractivity contribution in [2.45, 2.75) is 105 Å². The van der Waals surface area contributed by atoms with Gasteiger partial charge in [-0.2, -0.15) is 0 Å². The fraction of sp³-hybridized carbons (Fsp3) is 0.741. The molecule has 2 fully saturated rings. The van der Waals surface area contributed by atoms with Gasteiger partial charge in [0.1, 0.15) is 0 Å². The molecule has 3 heteroatoms. The molecule has 1 aromatic rings. The van der Waals surface area contributed by atoms with Crippen LogP contribution in [0.25, 0.3) is 0 Å².